The summed E-state index contributed by atoms with van der Waals surface area (Å²) in [6.45, 7) is 5.86. The van der Waals surface area contributed by atoms with Crippen LogP contribution in [0.5, 0.6) is 0 Å². The molecule has 0 aromatic carbocycles. The van der Waals surface area contributed by atoms with Crippen molar-refractivity contribution in [2.75, 3.05) is 11.4 Å². The Morgan fingerprint density at radius 3 is 2.68 bits per heavy atom. The van der Waals surface area contributed by atoms with Crippen LogP contribution in [0, 0.1) is 13.8 Å². The smallest absolute Gasteiger partial charge is 0.154 e. The molecule has 0 fully saturated rings. The highest BCUT2D eigenvalue weighted by atomic mass is 35.5. The molecule has 3 aromatic heterocycles. The van der Waals surface area contributed by atoms with Crippen molar-refractivity contribution in [1.29, 1.82) is 0 Å². The minimum atomic E-state index is 0.495. The van der Waals surface area contributed by atoms with Gasteiger partial charge in [0.1, 0.15) is 5.15 Å². The molecule has 1 aliphatic rings. The van der Waals surface area contributed by atoms with Gasteiger partial charge in [-0.1, -0.05) is 11.6 Å². The maximum absolute atomic E-state index is 5.88. The molecule has 0 radical (unpaired) electrons. The van der Waals surface area contributed by atoms with E-state index in [1.54, 1.807) is 12.3 Å². The minimum Gasteiger partial charge on any atom is -0.350 e. The van der Waals surface area contributed by atoms with Crippen molar-refractivity contribution in [3.63, 3.8) is 0 Å². The zero-order chi connectivity index (χ0) is 17.4. The van der Waals surface area contributed by atoms with E-state index in [0.717, 1.165) is 47.7 Å². The predicted molar refractivity (Wildman–Crippen MR) is 98.7 cm³/mol. The molecule has 3 aromatic rings. The van der Waals surface area contributed by atoms with E-state index in [4.69, 9.17) is 11.6 Å². The third kappa shape index (κ3) is 3.07. The molecule has 0 aliphatic carbocycles. The van der Waals surface area contributed by atoms with Crippen LogP contribution in [0.25, 0.3) is 11.1 Å². The molecule has 0 amide bonds. The Bertz CT molecular complexity index is 924. The van der Waals surface area contributed by atoms with Gasteiger partial charge in [0.25, 0.3) is 0 Å². The lowest BCUT2D eigenvalue weighted by molar-refractivity contribution is 0.692. The van der Waals surface area contributed by atoms with Crippen molar-refractivity contribution >= 4 is 17.4 Å². The largest absolute Gasteiger partial charge is 0.350 e. The van der Waals surface area contributed by atoms with Gasteiger partial charge < -0.3 is 4.90 Å². The van der Waals surface area contributed by atoms with E-state index in [0.29, 0.717) is 5.15 Å². The highest BCUT2D eigenvalue weighted by Gasteiger charge is 2.21. The van der Waals surface area contributed by atoms with Gasteiger partial charge in [0.2, 0.25) is 0 Å². The second-order valence-electron chi connectivity index (χ2n) is 6.35. The van der Waals surface area contributed by atoms with E-state index < -0.39 is 0 Å². The van der Waals surface area contributed by atoms with Crippen LogP contribution in [-0.2, 0) is 13.0 Å². The van der Waals surface area contributed by atoms with Crippen molar-refractivity contribution in [3.8, 4) is 11.1 Å². The first-order valence-corrected chi connectivity index (χ1v) is 8.63. The van der Waals surface area contributed by atoms with Crippen LogP contribution in [0.15, 0.2) is 36.8 Å². The monoisotopic (exact) mass is 351 g/mol. The summed E-state index contributed by atoms with van der Waals surface area (Å²) in [6.07, 6.45) is 6.41. The van der Waals surface area contributed by atoms with Crippen LogP contribution in [-0.4, -0.2) is 26.7 Å². The molecule has 0 bridgehead atoms. The molecule has 25 heavy (non-hydrogen) atoms. The molecule has 126 valence electrons. The number of hydrogen-bond acceptors (Lipinski definition) is 5. The molecule has 1 aliphatic heterocycles. The topological polar surface area (TPSA) is 54.8 Å². The van der Waals surface area contributed by atoms with E-state index in [1.807, 2.05) is 18.5 Å². The number of hydrogen-bond donors (Lipinski definition) is 0. The number of nitrogens with zero attached hydrogens (tertiary/aromatic N) is 5. The Morgan fingerprint density at radius 2 is 1.88 bits per heavy atom. The molecule has 4 rings (SSSR count). The van der Waals surface area contributed by atoms with Crippen molar-refractivity contribution in [2.24, 2.45) is 0 Å². The summed E-state index contributed by atoms with van der Waals surface area (Å²) in [6, 6.07) is 5.96. The van der Waals surface area contributed by atoms with E-state index in [-0.39, 0.29) is 0 Å². The van der Waals surface area contributed by atoms with Gasteiger partial charge in [0.05, 0.1) is 6.20 Å². The number of anilines is 1. The minimum absolute atomic E-state index is 0.495. The van der Waals surface area contributed by atoms with Gasteiger partial charge in [-0.3, -0.25) is 4.98 Å². The second kappa shape index (κ2) is 6.41. The van der Waals surface area contributed by atoms with Crippen molar-refractivity contribution in [3.05, 3.63) is 64.3 Å². The Morgan fingerprint density at radius 1 is 1.04 bits per heavy atom. The van der Waals surface area contributed by atoms with E-state index in [9.17, 15) is 0 Å². The molecular weight excluding hydrogens is 334 g/mol. The lowest BCUT2D eigenvalue weighted by Crippen LogP contribution is -2.32. The third-order valence-electron chi connectivity index (χ3n) is 4.73. The average molecular weight is 352 g/mol. The fourth-order valence-electron chi connectivity index (χ4n) is 3.13. The van der Waals surface area contributed by atoms with Gasteiger partial charge in [-0.15, -0.1) is 5.10 Å². The Labute approximate surface area is 151 Å². The first kappa shape index (κ1) is 16.0. The molecule has 0 spiro atoms. The fourth-order valence-corrected chi connectivity index (χ4v) is 3.24. The quantitative estimate of drug-likeness (QED) is 0.658. The van der Waals surface area contributed by atoms with Gasteiger partial charge in [-0.25, -0.2) is 4.98 Å². The normalized spacial score (nSPS) is 13.6. The summed E-state index contributed by atoms with van der Waals surface area (Å²) in [5.74, 6) is 0.962. The van der Waals surface area contributed by atoms with Crippen LogP contribution in [0.3, 0.4) is 0 Å². The van der Waals surface area contributed by atoms with E-state index in [1.165, 1.54) is 11.1 Å². The summed E-state index contributed by atoms with van der Waals surface area (Å²) in [4.78, 5) is 11.1. The molecule has 0 saturated heterocycles. The van der Waals surface area contributed by atoms with Crippen molar-refractivity contribution in [1.82, 2.24) is 20.2 Å². The van der Waals surface area contributed by atoms with Crippen LogP contribution in [0.1, 0.15) is 22.4 Å². The number of rotatable bonds is 2. The number of halogens is 1. The molecule has 0 atom stereocenters. The summed E-state index contributed by atoms with van der Waals surface area (Å²) >= 11 is 5.88. The first-order valence-electron chi connectivity index (χ1n) is 8.25. The molecule has 5 nitrogen and oxygen atoms in total. The van der Waals surface area contributed by atoms with Crippen LogP contribution >= 0.6 is 11.6 Å². The van der Waals surface area contributed by atoms with Gasteiger partial charge in [0.15, 0.2) is 5.82 Å². The van der Waals surface area contributed by atoms with Crippen LogP contribution in [0.4, 0.5) is 5.82 Å². The summed E-state index contributed by atoms with van der Waals surface area (Å²) in [7, 11) is 0. The maximum atomic E-state index is 5.88. The van der Waals surface area contributed by atoms with Crippen molar-refractivity contribution < 1.29 is 0 Å². The SMILES string of the molecule is Cc1cnnc(N2CCc3ncc(-c4ccc(Cl)nc4)cc3C2)c1C. The molecule has 0 unspecified atom stereocenters. The lowest BCUT2D eigenvalue weighted by atomic mass is 10.0. The Kier molecular flexibility index (Phi) is 4.09. The summed E-state index contributed by atoms with van der Waals surface area (Å²) in [5, 5.41) is 8.97. The Balaban J connectivity index is 1.67. The standard InChI is InChI=1S/C19H18ClN5/c1-12-8-23-24-19(13(12)2)25-6-5-17-16(11-25)7-15(10-21-17)14-3-4-18(20)22-9-14/h3-4,7-10H,5-6,11H2,1-2H3. The average Bonchev–Trinajstić information content (AvgIpc) is 2.64. The number of aryl methyl sites for hydroxylation is 1. The third-order valence-corrected chi connectivity index (χ3v) is 4.95. The highest BCUT2D eigenvalue weighted by Crippen LogP contribution is 2.28. The van der Waals surface area contributed by atoms with Crippen LogP contribution < -0.4 is 4.90 Å². The number of fused-ring (bicyclic) bond motifs is 1. The van der Waals surface area contributed by atoms with Gasteiger partial charge in [-0.2, -0.15) is 5.10 Å². The zero-order valence-electron chi connectivity index (χ0n) is 14.2. The predicted octanol–water partition coefficient (Wildman–Crippen LogP) is 3.77. The zero-order valence-corrected chi connectivity index (χ0v) is 15.0. The molecular formula is C19H18ClN5. The molecule has 6 heteroatoms. The van der Waals surface area contributed by atoms with Crippen molar-refractivity contribution in [2.45, 2.75) is 26.8 Å². The summed E-state index contributed by atoms with van der Waals surface area (Å²) < 4.78 is 0. The van der Waals surface area contributed by atoms with E-state index in [2.05, 4.69) is 45.0 Å². The molecule has 0 N–H and O–H groups in total. The Hall–Kier alpha value is -2.53. The van der Waals surface area contributed by atoms with Gasteiger partial charge in [-0.05, 0) is 48.7 Å². The lowest BCUT2D eigenvalue weighted by Gasteiger charge is -2.30. The fraction of sp³-hybridized carbons (Fsp3) is 0.263. The molecule has 4 heterocycles. The van der Waals surface area contributed by atoms with Gasteiger partial charge >= 0.3 is 0 Å². The first-order chi connectivity index (χ1) is 12.1. The highest BCUT2D eigenvalue weighted by molar-refractivity contribution is 6.29. The number of aromatic nitrogens is 4. The van der Waals surface area contributed by atoms with E-state index >= 15 is 0 Å². The van der Waals surface area contributed by atoms with Gasteiger partial charge in [0, 0.05) is 48.7 Å². The number of pyridine rings is 2. The summed E-state index contributed by atoms with van der Waals surface area (Å²) in [5.41, 5.74) is 6.79. The van der Waals surface area contributed by atoms with Crippen LogP contribution in [0.2, 0.25) is 5.15 Å². The molecule has 0 saturated carbocycles. The second-order valence-corrected chi connectivity index (χ2v) is 6.73. The maximum Gasteiger partial charge on any atom is 0.154 e.